The van der Waals surface area contributed by atoms with Crippen LogP contribution in [0.3, 0.4) is 0 Å². The predicted octanol–water partition coefficient (Wildman–Crippen LogP) is 3.50. The summed E-state index contributed by atoms with van der Waals surface area (Å²) in [4.78, 5) is 3.94. The first-order valence-electron chi connectivity index (χ1n) is 8.33. The van der Waals surface area contributed by atoms with Gasteiger partial charge in [-0.15, -0.1) is 0 Å². The van der Waals surface area contributed by atoms with E-state index in [1.54, 1.807) is 11.0 Å². The summed E-state index contributed by atoms with van der Waals surface area (Å²) in [6.45, 7) is 6.28. The number of rotatable bonds is 8. The zero-order chi connectivity index (χ0) is 18.4. The van der Waals surface area contributed by atoms with Gasteiger partial charge in [0, 0.05) is 12.2 Å². The average Bonchev–Trinajstić information content (AvgIpc) is 3.07. The second-order valence-electron chi connectivity index (χ2n) is 7.16. The van der Waals surface area contributed by atoms with Crippen molar-refractivity contribution in [1.29, 1.82) is 0 Å². The molecule has 138 valence electrons. The molecule has 1 aromatic heterocycles. The van der Waals surface area contributed by atoms with Crippen LogP contribution in [0.1, 0.15) is 45.2 Å². The van der Waals surface area contributed by atoms with E-state index in [2.05, 4.69) is 10.1 Å². The normalized spacial score (nSPS) is 14.5. The maximum Gasteiger partial charge on any atom is 0.164 e. The van der Waals surface area contributed by atoms with Crippen molar-refractivity contribution in [3.8, 4) is 0 Å². The number of benzene rings is 1. The van der Waals surface area contributed by atoms with E-state index >= 15 is 0 Å². The minimum absolute atomic E-state index is 0.0133. The molecule has 2 rings (SSSR count). The van der Waals surface area contributed by atoms with E-state index in [-0.39, 0.29) is 23.6 Å². The second-order valence-corrected chi connectivity index (χ2v) is 7.16. The molecule has 0 saturated carbocycles. The third kappa shape index (κ3) is 5.31. The number of halogens is 2. The summed E-state index contributed by atoms with van der Waals surface area (Å²) in [5.74, 6) is -1.74. The molecule has 1 heterocycles. The zero-order valence-corrected chi connectivity index (χ0v) is 14.8. The van der Waals surface area contributed by atoms with Crippen LogP contribution in [0.5, 0.6) is 0 Å². The Kier molecular flexibility index (Phi) is 6.61. The largest absolute Gasteiger partial charge is 0.390 e. The molecule has 0 aliphatic carbocycles. The third-order valence-corrected chi connectivity index (χ3v) is 4.11. The Balaban J connectivity index is 1.86. The Morgan fingerprint density at radius 2 is 2.04 bits per heavy atom. The average molecular weight is 353 g/mol. The Bertz CT molecular complexity index is 657. The summed E-state index contributed by atoms with van der Waals surface area (Å²) in [6.07, 6.45) is 3.70. The van der Waals surface area contributed by atoms with Crippen LogP contribution in [0.2, 0.25) is 0 Å². The Morgan fingerprint density at radius 3 is 2.68 bits per heavy atom. The summed E-state index contributed by atoms with van der Waals surface area (Å²) in [5.41, 5.74) is -0.107. The number of nitrogens with zero attached hydrogens (tertiary/aromatic N) is 3. The van der Waals surface area contributed by atoms with Crippen LogP contribution in [0.25, 0.3) is 0 Å². The molecule has 0 saturated heterocycles. The number of hydrogen-bond donors (Lipinski definition) is 1. The Labute approximate surface area is 146 Å². The highest BCUT2D eigenvalue weighted by Gasteiger charge is 2.31. The summed E-state index contributed by atoms with van der Waals surface area (Å²) in [6, 6.07) is 3.81. The van der Waals surface area contributed by atoms with Crippen LogP contribution in [-0.4, -0.2) is 32.6 Å². The molecular formula is C18H25F2N3O2. The SMILES string of the molecule is CC(C)(C)C(O)C(CCCOCc1cccc(F)c1F)n1cncn1. The lowest BCUT2D eigenvalue weighted by Crippen LogP contribution is -2.36. The fourth-order valence-electron chi connectivity index (χ4n) is 2.64. The van der Waals surface area contributed by atoms with E-state index < -0.39 is 17.7 Å². The molecule has 5 nitrogen and oxygen atoms in total. The number of aliphatic hydroxyl groups excluding tert-OH is 1. The lowest BCUT2D eigenvalue weighted by Gasteiger charge is -2.33. The van der Waals surface area contributed by atoms with E-state index in [0.717, 1.165) is 6.07 Å². The molecule has 7 heteroatoms. The molecule has 0 spiro atoms. The summed E-state index contributed by atoms with van der Waals surface area (Å²) >= 11 is 0. The summed E-state index contributed by atoms with van der Waals surface area (Å²) in [5, 5.41) is 14.7. The molecule has 0 aliphatic rings. The van der Waals surface area contributed by atoms with Crippen molar-refractivity contribution in [3.63, 3.8) is 0 Å². The molecule has 1 aromatic carbocycles. The molecule has 0 fully saturated rings. The van der Waals surface area contributed by atoms with Gasteiger partial charge in [0.15, 0.2) is 11.6 Å². The lowest BCUT2D eigenvalue weighted by molar-refractivity contribution is 0.00494. The van der Waals surface area contributed by atoms with Gasteiger partial charge in [0.05, 0.1) is 18.8 Å². The Hall–Kier alpha value is -1.86. The van der Waals surface area contributed by atoms with Crippen LogP contribution in [-0.2, 0) is 11.3 Å². The van der Waals surface area contributed by atoms with Gasteiger partial charge in [-0.1, -0.05) is 32.9 Å². The maximum absolute atomic E-state index is 13.6. The van der Waals surface area contributed by atoms with Crippen LogP contribution in [0.4, 0.5) is 8.78 Å². The minimum atomic E-state index is -0.874. The summed E-state index contributed by atoms with van der Waals surface area (Å²) < 4.78 is 33.8. The van der Waals surface area contributed by atoms with Gasteiger partial charge in [-0.25, -0.2) is 18.4 Å². The van der Waals surface area contributed by atoms with Crippen molar-refractivity contribution in [2.45, 2.75) is 52.4 Å². The minimum Gasteiger partial charge on any atom is -0.390 e. The predicted molar refractivity (Wildman–Crippen MR) is 89.8 cm³/mol. The van der Waals surface area contributed by atoms with Gasteiger partial charge in [-0.05, 0) is 24.3 Å². The highest BCUT2D eigenvalue weighted by Crippen LogP contribution is 2.30. The molecular weight excluding hydrogens is 328 g/mol. The van der Waals surface area contributed by atoms with E-state index in [0.29, 0.717) is 19.4 Å². The van der Waals surface area contributed by atoms with E-state index in [1.165, 1.54) is 18.5 Å². The summed E-state index contributed by atoms with van der Waals surface area (Å²) in [7, 11) is 0. The van der Waals surface area contributed by atoms with Crippen molar-refractivity contribution in [3.05, 3.63) is 48.1 Å². The molecule has 2 aromatic rings. The van der Waals surface area contributed by atoms with Crippen LogP contribution in [0.15, 0.2) is 30.9 Å². The topological polar surface area (TPSA) is 60.2 Å². The fourth-order valence-corrected chi connectivity index (χ4v) is 2.64. The van der Waals surface area contributed by atoms with Crippen LogP contribution in [0, 0.1) is 17.0 Å². The van der Waals surface area contributed by atoms with Gasteiger partial charge in [0.1, 0.15) is 12.7 Å². The fraction of sp³-hybridized carbons (Fsp3) is 0.556. The first-order chi connectivity index (χ1) is 11.8. The quantitative estimate of drug-likeness (QED) is 0.738. The lowest BCUT2D eigenvalue weighted by atomic mass is 9.83. The smallest absolute Gasteiger partial charge is 0.164 e. The molecule has 2 unspecified atom stereocenters. The van der Waals surface area contributed by atoms with Gasteiger partial charge in [-0.2, -0.15) is 5.10 Å². The van der Waals surface area contributed by atoms with Crippen molar-refractivity contribution in [2.75, 3.05) is 6.61 Å². The molecule has 2 atom stereocenters. The number of ether oxygens (including phenoxy) is 1. The van der Waals surface area contributed by atoms with Crippen molar-refractivity contribution < 1.29 is 18.6 Å². The van der Waals surface area contributed by atoms with Crippen LogP contribution >= 0.6 is 0 Å². The van der Waals surface area contributed by atoms with Gasteiger partial charge >= 0.3 is 0 Å². The molecule has 25 heavy (non-hydrogen) atoms. The Morgan fingerprint density at radius 1 is 1.28 bits per heavy atom. The monoisotopic (exact) mass is 353 g/mol. The molecule has 0 aliphatic heterocycles. The van der Waals surface area contributed by atoms with Crippen LogP contribution < -0.4 is 0 Å². The van der Waals surface area contributed by atoms with Crippen molar-refractivity contribution >= 4 is 0 Å². The third-order valence-electron chi connectivity index (χ3n) is 4.11. The van der Waals surface area contributed by atoms with Gasteiger partial charge < -0.3 is 9.84 Å². The molecule has 0 radical (unpaired) electrons. The van der Waals surface area contributed by atoms with Crippen molar-refractivity contribution in [2.24, 2.45) is 5.41 Å². The van der Waals surface area contributed by atoms with Gasteiger partial charge in [-0.3, -0.25) is 0 Å². The van der Waals surface area contributed by atoms with Gasteiger partial charge in [0.2, 0.25) is 0 Å². The highest BCUT2D eigenvalue weighted by molar-refractivity contribution is 5.17. The second kappa shape index (κ2) is 8.49. The van der Waals surface area contributed by atoms with Crippen molar-refractivity contribution in [1.82, 2.24) is 14.8 Å². The van der Waals surface area contributed by atoms with E-state index in [1.807, 2.05) is 20.8 Å². The highest BCUT2D eigenvalue weighted by atomic mass is 19.2. The van der Waals surface area contributed by atoms with E-state index in [9.17, 15) is 13.9 Å². The standard InChI is InChI=1S/C18H25F2N3O2/c1-18(2,3)17(24)15(23-12-21-11-22-23)8-5-9-25-10-13-6-4-7-14(19)16(13)20/h4,6-7,11-12,15,17,24H,5,8-10H2,1-3H3. The number of aliphatic hydroxyl groups is 1. The number of aromatic nitrogens is 3. The van der Waals surface area contributed by atoms with E-state index in [4.69, 9.17) is 4.74 Å². The first-order valence-corrected chi connectivity index (χ1v) is 8.33. The number of hydrogen-bond acceptors (Lipinski definition) is 4. The first kappa shape index (κ1) is 19.5. The zero-order valence-electron chi connectivity index (χ0n) is 14.8. The molecule has 0 amide bonds. The molecule has 0 bridgehead atoms. The van der Waals surface area contributed by atoms with Gasteiger partial charge in [0.25, 0.3) is 0 Å². The molecule has 1 N–H and O–H groups in total. The maximum atomic E-state index is 13.6.